The highest BCUT2D eigenvalue weighted by Gasteiger charge is 2.30. The smallest absolute Gasteiger partial charge is 0.416 e. The van der Waals surface area contributed by atoms with Crippen LogP contribution in [0.2, 0.25) is 0 Å². The molecule has 0 aliphatic carbocycles. The van der Waals surface area contributed by atoms with Gasteiger partial charge in [0.05, 0.1) is 29.6 Å². The zero-order valence-corrected chi connectivity index (χ0v) is 16.7. The van der Waals surface area contributed by atoms with E-state index in [9.17, 15) is 13.2 Å². The van der Waals surface area contributed by atoms with E-state index in [2.05, 4.69) is 25.3 Å². The molecule has 6 nitrogen and oxygen atoms in total. The summed E-state index contributed by atoms with van der Waals surface area (Å²) in [7, 11) is 1.57. The molecule has 0 saturated heterocycles. The number of imidazole rings is 1. The Morgan fingerprint density at radius 1 is 1.00 bits per heavy atom. The fourth-order valence-corrected chi connectivity index (χ4v) is 3.06. The number of halogens is 3. The molecule has 9 heteroatoms. The van der Waals surface area contributed by atoms with Gasteiger partial charge in [-0.25, -0.2) is 15.0 Å². The summed E-state index contributed by atoms with van der Waals surface area (Å²) in [6, 6.07) is 12.0. The lowest BCUT2D eigenvalue weighted by atomic mass is 10.1. The number of aromatic nitrogens is 4. The summed E-state index contributed by atoms with van der Waals surface area (Å²) in [6.07, 6.45) is -1.03. The molecule has 0 radical (unpaired) electrons. The largest absolute Gasteiger partial charge is 0.496 e. The minimum atomic E-state index is -4.38. The molecule has 0 aliphatic rings. The van der Waals surface area contributed by atoms with Crippen molar-refractivity contribution in [2.24, 2.45) is 0 Å². The number of ether oxygens (including phenoxy) is 1. The summed E-state index contributed by atoms with van der Waals surface area (Å²) in [5.74, 6) is 1.61. The second kappa shape index (κ2) is 8.10. The lowest BCUT2D eigenvalue weighted by Crippen LogP contribution is -2.04. The molecule has 0 saturated carbocycles. The topological polar surface area (TPSA) is 75.7 Å². The highest BCUT2D eigenvalue weighted by molar-refractivity contribution is 5.71. The fraction of sp³-hybridized carbons (Fsp3) is 0.136. The van der Waals surface area contributed by atoms with Gasteiger partial charge in [0.25, 0.3) is 0 Å². The molecule has 0 fully saturated rings. The van der Waals surface area contributed by atoms with Gasteiger partial charge in [0.1, 0.15) is 11.6 Å². The van der Waals surface area contributed by atoms with Crippen LogP contribution in [-0.4, -0.2) is 27.0 Å². The number of H-pyrrole nitrogens is 1. The van der Waals surface area contributed by atoms with Crippen LogP contribution < -0.4 is 10.1 Å². The Bertz CT molecular complexity index is 1200. The summed E-state index contributed by atoms with van der Waals surface area (Å²) in [4.78, 5) is 16.1. The van der Waals surface area contributed by atoms with Crippen LogP contribution in [0, 0.1) is 6.92 Å². The molecule has 2 aromatic carbocycles. The number of benzene rings is 2. The van der Waals surface area contributed by atoms with Crippen LogP contribution in [0.4, 0.5) is 24.8 Å². The molecule has 0 bridgehead atoms. The highest BCUT2D eigenvalue weighted by Crippen LogP contribution is 2.32. The molecule has 2 heterocycles. The van der Waals surface area contributed by atoms with Gasteiger partial charge in [0, 0.05) is 29.7 Å². The normalized spacial score (nSPS) is 11.4. The van der Waals surface area contributed by atoms with Crippen LogP contribution in [0.5, 0.6) is 5.75 Å². The SMILES string of the molecule is COc1cc(Nc2nccc(-c3ccc(C(F)(F)F)cc3)n2)ccc1-c1nc(C)c[nH]1. The minimum Gasteiger partial charge on any atom is -0.496 e. The summed E-state index contributed by atoms with van der Waals surface area (Å²) < 4.78 is 43.8. The molecule has 2 N–H and O–H groups in total. The number of alkyl halides is 3. The number of nitrogens with zero attached hydrogens (tertiary/aromatic N) is 3. The molecular weight excluding hydrogens is 407 g/mol. The van der Waals surface area contributed by atoms with Gasteiger partial charge in [0.2, 0.25) is 5.95 Å². The minimum absolute atomic E-state index is 0.307. The number of nitrogens with one attached hydrogen (secondary N) is 2. The first-order chi connectivity index (χ1) is 14.8. The summed E-state index contributed by atoms with van der Waals surface area (Å²) >= 11 is 0. The van der Waals surface area contributed by atoms with Gasteiger partial charge in [0.15, 0.2) is 0 Å². The Hall–Kier alpha value is -3.88. The highest BCUT2D eigenvalue weighted by atomic mass is 19.4. The second-order valence-corrected chi connectivity index (χ2v) is 6.77. The molecule has 0 unspecified atom stereocenters. The van der Waals surface area contributed by atoms with Gasteiger partial charge in [-0.1, -0.05) is 12.1 Å². The van der Waals surface area contributed by atoms with Crippen molar-refractivity contribution < 1.29 is 17.9 Å². The van der Waals surface area contributed by atoms with Gasteiger partial charge in [-0.2, -0.15) is 13.2 Å². The number of aryl methyl sites for hydroxylation is 1. The average molecular weight is 425 g/mol. The predicted octanol–water partition coefficient (Wildman–Crippen LogP) is 5.61. The standard InChI is InChI=1S/C22H18F3N5O/c1-13-12-27-20(28-13)17-8-7-16(11-19(17)31-2)29-21-26-10-9-18(30-21)14-3-5-15(6-4-14)22(23,24)25/h3-12H,1-2H3,(H,27,28)(H,26,29,30). The van der Waals surface area contributed by atoms with Crippen LogP contribution in [0.25, 0.3) is 22.6 Å². The summed E-state index contributed by atoms with van der Waals surface area (Å²) in [6.45, 7) is 1.89. The van der Waals surface area contributed by atoms with Crippen molar-refractivity contribution in [3.05, 3.63) is 72.2 Å². The third kappa shape index (κ3) is 4.50. The predicted molar refractivity (Wildman–Crippen MR) is 111 cm³/mol. The van der Waals surface area contributed by atoms with Crippen LogP contribution in [0.15, 0.2) is 60.9 Å². The Labute approximate surface area is 176 Å². The first kappa shape index (κ1) is 20.4. The van der Waals surface area contributed by atoms with E-state index in [1.54, 1.807) is 25.4 Å². The number of rotatable bonds is 5. The Balaban J connectivity index is 1.58. The van der Waals surface area contributed by atoms with Crippen LogP contribution in [0.3, 0.4) is 0 Å². The van der Waals surface area contributed by atoms with E-state index in [0.717, 1.165) is 23.4 Å². The molecule has 31 heavy (non-hydrogen) atoms. The van der Waals surface area contributed by atoms with Crippen molar-refractivity contribution in [1.82, 2.24) is 19.9 Å². The molecule has 0 amide bonds. The van der Waals surface area contributed by atoms with E-state index < -0.39 is 11.7 Å². The first-order valence-corrected chi connectivity index (χ1v) is 9.31. The van der Waals surface area contributed by atoms with E-state index in [0.29, 0.717) is 34.5 Å². The van der Waals surface area contributed by atoms with Crippen LogP contribution in [0.1, 0.15) is 11.3 Å². The monoisotopic (exact) mass is 425 g/mol. The number of hydrogen-bond acceptors (Lipinski definition) is 5. The lowest BCUT2D eigenvalue weighted by molar-refractivity contribution is -0.137. The van der Waals surface area contributed by atoms with Crippen molar-refractivity contribution in [1.29, 1.82) is 0 Å². The lowest BCUT2D eigenvalue weighted by Gasteiger charge is -2.11. The second-order valence-electron chi connectivity index (χ2n) is 6.77. The molecule has 0 atom stereocenters. The number of methoxy groups -OCH3 is 1. The zero-order valence-electron chi connectivity index (χ0n) is 16.7. The van der Waals surface area contributed by atoms with Gasteiger partial charge in [-0.05, 0) is 37.3 Å². The Morgan fingerprint density at radius 2 is 1.77 bits per heavy atom. The molecule has 2 aromatic heterocycles. The number of anilines is 2. The molecule has 0 aliphatic heterocycles. The van der Waals surface area contributed by atoms with E-state index in [1.807, 2.05) is 25.3 Å². The zero-order chi connectivity index (χ0) is 22.0. The van der Waals surface area contributed by atoms with Crippen molar-refractivity contribution in [3.63, 3.8) is 0 Å². The Kier molecular flexibility index (Phi) is 5.33. The Morgan fingerprint density at radius 3 is 2.42 bits per heavy atom. The summed E-state index contributed by atoms with van der Waals surface area (Å²) in [5.41, 5.74) is 2.71. The van der Waals surface area contributed by atoms with Gasteiger partial charge >= 0.3 is 6.18 Å². The van der Waals surface area contributed by atoms with Crippen molar-refractivity contribution in [2.75, 3.05) is 12.4 Å². The quantitative estimate of drug-likeness (QED) is 0.435. The third-order valence-corrected chi connectivity index (χ3v) is 4.58. The maximum Gasteiger partial charge on any atom is 0.416 e. The van der Waals surface area contributed by atoms with E-state index in [4.69, 9.17) is 4.74 Å². The van der Waals surface area contributed by atoms with Crippen LogP contribution >= 0.6 is 0 Å². The van der Waals surface area contributed by atoms with E-state index >= 15 is 0 Å². The molecule has 158 valence electrons. The maximum absolute atomic E-state index is 12.8. The molecular formula is C22H18F3N5O. The van der Waals surface area contributed by atoms with E-state index in [1.165, 1.54) is 12.1 Å². The van der Waals surface area contributed by atoms with E-state index in [-0.39, 0.29) is 0 Å². The molecule has 4 aromatic rings. The molecule has 4 rings (SSSR count). The van der Waals surface area contributed by atoms with Gasteiger partial charge in [-0.3, -0.25) is 0 Å². The van der Waals surface area contributed by atoms with Gasteiger partial charge < -0.3 is 15.0 Å². The van der Waals surface area contributed by atoms with Crippen molar-refractivity contribution in [3.8, 4) is 28.4 Å². The third-order valence-electron chi connectivity index (χ3n) is 4.58. The molecule has 0 spiro atoms. The van der Waals surface area contributed by atoms with Crippen molar-refractivity contribution in [2.45, 2.75) is 13.1 Å². The average Bonchev–Trinajstić information content (AvgIpc) is 3.19. The van der Waals surface area contributed by atoms with Crippen molar-refractivity contribution >= 4 is 11.6 Å². The first-order valence-electron chi connectivity index (χ1n) is 9.31. The number of aromatic amines is 1. The maximum atomic E-state index is 12.8. The summed E-state index contributed by atoms with van der Waals surface area (Å²) in [5, 5.41) is 3.10. The fourth-order valence-electron chi connectivity index (χ4n) is 3.06. The van der Waals surface area contributed by atoms with Crippen LogP contribution in [-0.2, 0) is 6.18 Å². The number of hydrogen-bond donors (Lipinski definition) is 2. The van der Waals surface area contributed by atoms with Gasteiger partial charge in [-0.15, -0.1) is 0 Å².